The minimum absolute atomic E-state index is 0.192. The van der Waals surface area contributed by atoms with Crippen LogP contribution in [-0.4, -0.2) is 39.3 Å². The first-order valence-electron chi connectivity index (χ1n) is 15.7. The summed E-state index contributed by atoms with van der Waals surface area (Å²) in [6.07, 6.45) is 13.6. The first-order chi connectivity index (χ1) is 20.2. The van der Waals surface area contributed by atoms with Crippen LogP contribution in [0.4, 0.5) is 5.69 Å². The van der Waals surface area contributed by atoms with Gasteiger partial charge in [0.25, 0.3) is 5.91 Å². The molecule has 2 aromatic rings. The van der Waals surface area contributed by atoms with Crippen molar-refractivity contribution in [1.82, 2.24) is 4.72 Å². The molecule has 226 valence electrons. The zero-order valence-corrected chi connectivity index (χ0v) is 26.4. The van der Waals surface area contributed by atoms with E-state index < -0.39 is 21.2 Å². The van der Waals surface area contributed by atoms with Crippen LogP contribution in [0.5, 0.6) is 5.75 Å². The van der Waals surface area contributed by atoms with Crippen molar-refractivity contribution in [3.8, 4) is 5.75 Å². The smallest absolute Gasteiger partial charge is 0.264 e. The molecule has 42 heavy (non-hydrogen) atoms. The van der Waals surface area contributed by atoms with E-state index in [1.54, 1.807) is 13.0 Å². The molecule has 6 rings (SSSR count). The maximum absolute atomic E-state index is 13.3. The third kappa shape index (κ3) is 5.71. The van der Waals surface area contributed by atoms with Gasteiger partial charge in [0.15, 0.2) is 0 Å². The highest BCUT2D eigenvalue weighted by atomic mass is 35.5. The van der Waals surface area contributed by atoms with Gasteiger partial charge in [-0.2, -0.15) is 0 Å². The molecule has 2 aromatic carbocycles. The average molecular weight is 611 g/mol. The van der Waals surface area contributed by atoms with E-state index in [2.05, 4.69) is 34.8 Å². The summed E-state index contributed by atoms with van der Waals surface area (Å²) in [6.45, 7) is 6.13. The highest BCUT2D eigenvalue weighted by Gasteiger charge is 2.44. The molecule has 1 amide bonds. The first kappa shape index (κ1) is 29.6. The van der Waals surface area contributed by atoms with Crippen molar-refractivity contribution in [2.45, 2.75) is 82.3 Å². The topological polar surface area (TPSA) is 75.7 Å². The Kier molecular flexibility index (Phi) is 8.36. The summed E-state index contributed by atoms with van der Waals surface area (Å²) in [5, 5.41) is 0.0634. The number of ether oxygens (including phenoxy) is 1. The summed E-state index contributed by atoms with van der Waals surface area (Å²) >= 11 is 6.42. The molecular weight excluding hydrogens is 568 g/mol. The molecule has 2 aliphatic heterocycles. The maximum Gasteiger partial charge on any atom is 0.264 e. The molecule has 1 spiro atoms. The van der Waals surface area contributed by atoms with Crippen LogP contribution in [0.15, 0.2) is 48.6 Å². The van der Waals surface area contributed by atoms with Crippen LogP contribution in [0.2, 0.25) is 5.02 Å². The van der Waals surface area contributed by atoms with E-state index in [1.165, 1.54) is 24.0 Å². The second-order valence-electron chi connectivity index (χ2n) is 13.0. The van der Waals surface area contributed by atoms with Crippen molar-refractivity contribution in [1.29, 1.82) is 0 Å². The number of aryl methyl sites for hydroxylation is 1. The Hall–Kier alpha value is -2.51. The maximum atomic E-state index is 13.3. The lowest BCUT2D eigenvalue weighted by molar-refractivity contribution is 0.0981. The van der Waals surface area contributed by atoms with Gasteiger partial charge in [0, 0.05) is 29.1 Å². The Bertz CT molecular complexity index is 1470. The number of anilines is 1. The molecule has 2 heterocycles. The zero-order valence-electron chi connectivity index (χ0n) is 24.8. The number of nitrogens with one attached hydrogen (secondary N) is 1. The fourth-order valence-corrected chi connectivity index (χ4v) is 8.81. The van der Waals surface area contributed by atoms with E-state index in [0.29, 0.717) is 36.3 Å². The second-order valence-corrected chi connectivity index (χ2v) is 15.6. The summed E-state index contributed by atoms with van der Waals surface area (Å²) < 4.78 is 35.2. The molecular formula is C34H43ClN2O4S. The molecule has 2 aliphatic carbocycles. The number of benzene rings is 2. The third-order valence-electron chi connectivity index (χ3n) is 10.3. The number of fused-ring (bicyclic) bond motifs is 4. The molecule has 0 saturated heterocycles. The largest absolute Gasteiger partial charge is 0.490 e. The van der Waals surface area contributed by atoms with Crippen LogP contribution in [0.3, 0.4) is 0 Å². The molecule has 0 radical (unpaired) electrons. The Morgan fingerprint density at radius 2 is 2.02 bits per heavy atom. The van der Waals surface area contributed by atoms with Crippen molar-refractivity contribution in [3.63, 3.8) is 0 Å². The number of nitrogens with zero attached hydrogens (tertiary/aromatic N) is 1. The van der Waals surface area contributed by atoms with Crippen molar-refractivity contribution in [2.24, 2.45) is 17.8 Å². The van der Waals surface area contributed by atoms with Crippen LogP contribution in [0, 0.1) is 17.8 Å². The predicted octanol–water partition coefficient (Wildman–Crippen LogP) is 7.05. The predicted molar refractivity (Wildman–Crippen MR) is 169 cm³/mol. The number of amides is 1. The molecule has 4 unspecified atom stereocenters. The Morgan fingerprint density at radius 1 is 1.17 bits per heavy atom. The monoisotopic (exact) mass is 610 g/mol. The number of carbonyl (C=O) groups is 1. The quantitative estimate of drug-likeness (QED) is 0.377. The van der Waals surface area contributed by atoms with Crippen LogP contribution in [0.1, 0.15) is 86.7 Å². The van der Waals surface area contributed by atoms with Crippen molar-refractivity contribution < 1.29 is 17.9 Å². The summed E-state index contributed by atoms with van der Waals surface area (Å²) in [4.78, 5) is 15.8. The van der Waals surface area contributed by atoms with Crippen LogP contribution in [0.25, 0.3) is 0 Å². The number of hydrogen-bond donors (Lipinski definition) is 1. The van der Waals surface area contributed by atoms with Gasteiger partial charge in [0.2, 0.25) is 10.0 Å². The summed E-state index contributed by atoms with van der Waals surface area (Å²) in [5.74, 6) is 1.68. The Balaban J connectivity index is 1.43. The standard InChI is InChI=1S/C34H43ClN2O4S/c1-3-4-8-24-9-5-7-23(2)42(39,40)36-33(38)26-12-16-32-31(19-26)37(20-27-11-14-29(24)27)21-34(22-41-32)17-6-10-25-18-28(35)13-15-30(25)34/h5,9,12-13,15-16,18-19,23-24,27,29H,3-4,6-8,10-11,14,17,20-22H2,1-2H3,(H,36,38)/b9-5-/t23?,24?,27?,29?,34-/m0/s1. The molecule has 1 N–H and O–H groups in total. The number of rotatable bonds is 3. The lowest BCUT2D eigenvalue weighted by Gasteiger charge is -2.46. The highest BCUT2D eigenvalue weighted by Crippen LogP contribution is 2.48. The van der Waals surface area contributed by atoms with Crippen molar-refractivity contribution in [2.75, 3.05) is 24.6 Å². The van der Waals surface area contributed by atoms with Gasteiger partial charge in [0.05, 0.1) is 17.5 Å². The fraction of sp³-hybridized carbons (Fsp3) is 0.559. The van der Waals surface area contributed by atoms with E-state index in [9.17, 15) is 13.2 Å². The van der Waals surface area contributed by atoms with Crippen LogP contribution < -0.4 is 14.4 Å². The molecule has 0 aromatic heterocycles. The van der Waals surface area contributed by atoms with Crippen molar-refractivity contribution >= 4 is 33.2 Å². The van der Waals surface area contributed by atoms with Gasteiger partial charge in [0.1, 0.15) is 5.75 Å². The van der Waals surface area contributed by atoms with E-state index >= 15 is 0 Å². The number of hydrogen-bond acceptors (Lipinski definition) is 5. The van der Waals surface area contributed by atoms with Gasteiger partial charge >= 0.3 is 0 Å². The third-order valence-corrected chi connectivity index (χ3v) is 12.2. The molecule has 1 saturated carbocycles. The summed E-state index contributed by atoms with van der Waals surface area (Å²) in [5.41, 5.74) is 3.64. The molecule has 6 nitrogen and oxygen atoms in total. The van der Waals surface area contributed by atoms with E-state index in [4.69, 9.17) is 16.3 Å². The van der Waals surface area contributed by atoms with E-state index in [1.807, 2.05) is 24.3 Å². The number of carbonyl (C=O) groups excluding carboxylic acids is 1. The van der Waals surface area contributed by atoms with E-state index in [0.717, 1.165) is 68.1 Å². The zero-order chi connectivity index (χ0) is 29.5. The second kappa shape index (κ2) is 11.9. The minimum atomic E-state index is -3.83. The number of unbranched alkanes of at least 4 members (excludes halogenated alkanes) is 1. The van der Waals surface area contributed by atoms with Gasteiger partial charge in [-0.1, -0.05) is 49.6 Å². The van der Waals surface area contributed by atoms with Gasteiger partial charge in [-0.15, -0.1) is 0 Å². The van der Waals surface area contributed by atoms with Gasteiger partial charge in [-0.05, 0) is 111 Å². The SMILES string of the molecule is CCCCC1/C=C\CC(C)S(=O)(=O)NC(=O)c2ccc3c(c2)N(CC2CCC12)C[C@@]1(CCCc2cc(Cl)ccc21)CO3. The van der Waals surface area contributed by atoms with Crippen LogP contribution in [-0.2, 0) is 21.9 Å². The summed E-state index contributed by atoms with van der Waals surface area (Å²) in [6, 6.07) is 11.7. The fourth-order valence-electron chi connectivity index (χ4n) is 7.68. The van der Waals surface area contributed by atoms with Gasteiger partial charge < -0.3 is 9.64 Å². The number of halogens is 1. The molecule has 5 atom stereocenters. The Morgan fingerprint density at radius 3 is 2.81 bits per heavy atom. The molecule has 8 heteroatoms. The average Bonchev–Trinajstić information content (AvgIpc) is 3.10. The molecule has 4 aliphatic rings. The summed E-state index contributed by atoms with van der Waals surface area (Å²) in [7, 11) is -3.83. The van der Waals surface area contributed by atoms with Gasteiger partial charge in [-0.25, -0.2) is 13.1 Å². The minimum Gasteiger partial charge on any atom is -0.490 e. The number of sulfonamides is 1. The lowest BCUT2D eigenvalue weighted by Crippen LogP contribution is -2.49. The normalized spacial score (nSPS) is 31.2. The van der Waals surface area contributed by atoms with Crippen molar-refractivity contribution in [3.05, 3.63) is 70.3 Å². The first-order valence-corrected chi connectivity index (χ1v) is 17.6. The Labute approximate surface area is 255 Å². The number of allylic oxidation sites excluding steroid dienone is 2. The van der Waals surface area contributed by atoms with E-state index in [-0.39, 0.29) is 5.41 Å². The highest BCUT2D eigenvalue weighted by molar-refractivity contribution is 7.90. The lowest BCUT2D eigenvalue weighted by atomic mass is 9.65. The van der Waals surface area contributed by atoms with Gasteiger partial charge in [-0.3, -0.25) is 4.79 Å². The van der Waals surface area contributed by atoms with Crippen LogP contribution >= 0.6 is 11.6 Å². The molecule has 1 fully saturated rings. The molecule has 2 bridgehead atoms.